The molecule has 0 spiro atoms. The van der Waals surface area contributed by atoms with E-state index in [0.29, 0.717) is 48.5 Å². The van der Waals surface area contributed by atoms with Crippen molar-refractivity contribution < 1.29 is 38.0 Å². The zero-order valence-electron chi connectivity index (χ0n) is 20.2. The fourth-order valence-electron chi connectivity index (χ4n) is 2.40. The fourth-order valence-corrected chi connectivity index (χ4v) is 8.91. The van der Waals surface area contributed by atoms with E-state index in [2.05, 4.69) is 13.8 Å². The molecule has 196 valence electrons. The maximum absolute atomic E-state index is 11.8. The van der Waals surface area contributed by atoms with Gasteiger partial charge >= 0.3 is 185 Å². The molecule has 0 heterocycles. The Balaban J connectivity index is 3.62. The molecule has 0 saturated carbocycles. The van der Waals surface area contributed by atoms with Gasteiger partial charge in [0, 0.05) is 0 Å². The van der Waals surface area contributed by atoms with Gasteiger partial charge in [-0.1, -0.05) is 26.7 Å². The zero-order valence-corrected chi connectivity index (χ0v) is 24.6. The van der Waals surface area contributed by atoms with Crippen LogP contribution in [-0.4, -0.2) is 94.1 Å². The van der Waals surface area contributed by atoms with Gasteiger partial charge in [0.15, 0.2) is 0 Å². The van der Waals surface area contributed by atoms with E-state index in [1.165, 1.54) is 0 Å². The summed E-state index contributed by atoms with van der Waals surface area (Å²) in [4.78, 5) is 23.7. The molecule has 8 nitrogen and oxygen atoms in total. The number of unbranched alkanes of at least 4 members (excludes halogenated alkanes) is 2. The third-order valence-corrected chi connectivity index (χ3v) is 15.1. The minimum atomic E-state index is -3.51. The van der Waals surface area contributed by atoms with E-state index in [9.17, 15) is 9.59 Å². The summed E-state index contributed by atoms with van der Waals surface area (Å²) in [7, 11) is 12.8. The van der Waals surface area contributed by atoms with Gasteiger partial charge < -0.3 is 0 Å². The van der Waals surface area contributed by atoms with Crippen LogP contribution >= 0.6 is 17.8 Å². The van der Waals surface area contributed by atoms with E-state index in [-0.39, 0.29) is 38.0 Å². The van der Waals surface area contributed by atoms with Crippen molar-refractivity contribution >= 4 is 45.9 Å². The van der Waals surface area contributed by atoms with Crippen LogP contribution in [0.4, 0.5) is 0 Å². The Hall–Kier alpha value is 0.159. The summed E-state index contributed by atoms with van der Waals surface area (Å²) in [5, 5.41) is 0. The molecule has 0 N–H and O–H groups in total. The van der Waals surface area contributed by atoms with Crippen LogP contribution in [0, 0.1) is 0 Å². The molecule has 0 rings (SSSR count). The van der Waals surface area contributed by atoms with E-state index >= 15 is 0 Å². The molecule has 0 amide bonds. The maximum atomic E-state index is 11.8. The van der Waals surface area contributed by atoms with Crippen molar-refractivity contribution in [2.45, 2.75) is 61.2 Å². The summed E-state index contributed by atoms with van der Waals surface area (Å²) < 4.78 is 32.4. The van der Waals surface area contributed by atoms with Gasteiger partial charge in [-0.2, -0.15) is 0 Å². The molecule has 0 aliphatic rings. The number of ether oxygens (including phenoxy) is 6. The predicted octanol–water partition coefficient (Wildman–Crippen LogP) is 4.44. The van der Waals surface area contributed by atoms with Crippen LogP contribution in [0.5, 0.6) is 0 Å². The van der Waals surface area contributed by atoms with Crippen LogP contribution in [0.2, 0.25) is 8.87 Å². The molecular formula is C22H42Cl2O8Sn. The number of carbonyl (C=O) groups excluding carboxylic acids is 2. The molecule has 0 fully saturated rings. The van der Waals surface area contributed by atoms with E-state index in [1.807, 2.05) is 0 Å². The van der Waals surface area contributed by atoms with Gasteiger partial charge in [-0.3, -0.25) is 0 Å². The van der Waals surface area contributed by atoms with Crippen molar-refractivity contribution in [3.05, 3.63) is 0 Å². The standard InChI is InChI=1S/2C11H21O4.2ClH.Sn/c2*1-3-5-6-13-7-8-14-9-10-15-11(12)4-2;;;/h2*2-10H2,1H3;2*1H;/q;;;;+2/p-2. The van der Waals surface area contributed by atoms with Crippen molar-refractivity contribution in [2.75, 3.05) is 66.1 Å². The number of hydrogen-bond donors (Lipinski definition) is 0. The van der Waals surface area contributed by atoms with Crippen LogP contribution in [-0.2, 0) is 38.0 Å². The average Bonchev–Trinajstić information content (AvgIpc) is 2.79. The van der Waals surface area contributed by atoms with Crippen molar-refractivity contribution in [1.82, 2.24) is 0 Å². The second-order valence-corrected chi connectivity index (χ2v) is 26.2. The summed E-state index contributed by atoms with van der Waals surface area (Å²) in [5.41, 5.74) is 0. The average molecular weight is 624 g/mol. The summed E-state index contributed by atoms with van der Waals surface area (Å²) >= 11 is -3.51. The number of rotatable bonds is 24. The fraction of sp³-hybridized carbons (Fsp3) is 0.909. The van der Waals surface area contributed by atoms with Crippen LogP contribution in [0.1, 0.15) is 52.4 Å². The first kappa shape index (κ1) is 33.2. The van der Waals surface area contributed by atoms with Gasteiger partial charge in [-0.05, 0) is 0 Å². The molecule has 0 aliphatic heterocycles. The molecule has 0 bridgehead atoms. The summed E-state index contributed by atoms with van der Waals surface area (Å²) in [6.07, 6.45) is 4.57. The van der Waals surface area contributed by atoms with Crippen LogP contribution in [0.15, 0.2) is 0 Å². The quantitative estimate of drug-likeness (QED) is 0.0886. The van der Waals surface area contributed by atoms with E-state index in [0.717, 1.165) is 38.9 Å². The Morgan fingerprint density at radius 1 is 0.576 bits per heavy atom. The van der Waals surface area contributed by atoms with Crippen LogP contribution < -0.4 is 0 Å². The Labute approximate surface area is 210 Å². The molecular weight excluding hydrogens is 582 g/mol. The van der Waals surface area contributed by atoms with E-state index in [4.69, 9.17) is 46.3 Å². The Morgan fingerprint density at radius 2 is 0.909 bits per heavy atom. The Bertz CT molecular complexity index is 443. The normalized spacial score (nSPS) is 11.5. The molecule has 0 atom stereocenters. The van der Waals surface area contributed by atoms with Crippen molar-refractivity contribution in [3.8, 4) is 0 Å². The molecule has 11 heteroatoms. The number of carbonyl (C=O) groups is 2. The van der Waals surface area contributed by atoms with Gasteiger partial charge in [0.1, 0.15) is 0 Å². The minimum Gasteiger partial charge on any atom is -0.0653 e. The van der Waals surface area contributed by atoms with Gasteiger partial charge in [-0.15, -0.1) is 0 Å². The SMILES string of the molecule is CCCCOCCOCCOC(=O)C[CH2][Sn]([Cl])([Cl])[CH2]CC(=O)OCCOCCOCCCC. The Kier molecular flexibility index (Phi) is 24.0. The van der Waals surface area contributed by atoms with Gasteiger partial charge in [-0.25, -0.2) is 0 Å². The van der Waals surface area contributed by atoms with Crippen molar-refractivity contribution in [3.63, 3.8) is 0 Å². The van der Waals surface area contributed by atoms with Crippen molar-refractivity contribution in [2.24, 2.45) is 0 Å². The molecule has 33 heavy (non-hydrogen) atoms. The molecule has 0 saturated heterocycles. The third-order valence-electron chi connectivity index (χ3n) is 4.40. The molecule has 0 radical (unpaired) electrons. The Morgan fingerprint density at radius 3 is 1.27 bits per heavy atom. The third kappa shape index (κ3) is 25.1. The molecule has 0 aromatic heterocycles. The number of halogens is 2. The van der Waals surface area contributed by atoms with Crippen LogP contribution in [0.25, 0.3) is 0 Å². The smallest absolute Gasteiger partial charge is 0.0653 e. The first-order chi connectivity index (χ1) is 15.9. The van der Waals surface area contributed by atoms with Crippen molar-refractivity contribution in [1.29, 1.82) is 0 Å². The predicted molar refractivity (Wildman–Crippen MR) is 131 cm³/mol. The second-order valence-electron chi connectivity index (χ2n) is 7.45. The van der Waals surface area contributed by atoms with Gasteiger partial charge in [0.05, 0.1) is 0 Å². The summed E-state index contributed by atoms with van der Waals surface area (Å²) in [5.74, 6) is -0.725. The summed E-state index contributed by atoms with van der Waals surface area (Å²) in [6.45, 7) is 8.70. The topological polar surface area (TPSA) is 89.5 Å². The minimum absolute atomic E-state index is 0.145. The van der Waals surface area contributed by atoms with Crippen LogP contribution in [0.3, 0.4) is 0 Å². The van der Waals surface area contributed by atoms with E-state index < -0.39 is 16.1 Å². The first-order valence-electron chi connectivity index (χ1n) is 11.9. The first-order valence-corrected chi connectivity index (χ1v) is 23.2. The molecule has 0 aliphatic carbocycles. The summed E-state index contributed by atoms with van der Waals surface area (Å²) in [6, 6.07) is 0. The molecule has 0 unspecified atom stereocenters. The zero-order chi connectivity index (χ0) is 24.6. The van der Waals surface area contributed by atoms with Gasteiger partial charge in [0.25, 0.3) is 0 Å². The monoisotopic (exact) mass is 624 g/mol. The van der Waals surface area contributed by atoms with E-state index in [1.54, 1.807) is 0 Å². The number of esters is 2. The number of hydrogen-bond acceptors (Lipinski definition) is 8. The molecule has 0 aromatic carbocycles. The van der Waals surface area contributed by atoms with Gasteiger partial charge in [0.2, 0.25) is 0 Å². The second kappa shape index (κ2) is 23.9. The molecule has 0 aromatic rings.